The minimum Gasteiger partial charge on any atom is -0.306 e. The third kappa shape index (κ3) is 3.64. The molecule has 6 nitrogen and oxygen atoms in total. The zero-order valence-corrected chi connectivity index (χ0v) is 16.9. The van der Waals surface area contributed by atoms with Gasteiger partial charge in [0.1, 0.15) is 22.3 Å². The van der Waals surface area contributed by atoms with Crippen LogP contribution in [0.5, 0.6) is 0 Å². The van der Waals surface area contributed by atoms with E-state index in [1.807, 2.05) is 6.92 Å². The minimum absolute atomic E-state index is 0.00956. The number of hydrogen-bond acceptors (Lipinski definition) is 5. The van der Waals surface area contributed by atoms with Gasteiger partial charge in [-0.25, -0.2) is 9.37 Å². The molecule has 0 radical (unpaired) electrons. The highest BCUT2D eigenvalue weighted by atomic mass is 35.5. The highest BCUT2D eigenvalue weighted by molar-refractivity contribution is 7.08. The van der Waals surface area contributed by atoms with E-state index >= 15 is 0 Å². The highest BCUT2D eigenvalue weighted by Gasteiger charge is 2.16. The monoisotopic (exact) mass is 428 g/mol. The zero-order valence-electron chi connectivity index (χ0n) is 15.4. The van der Waals surface area contributed by atoms with Crippen LogP contribution in [0.3, 0.4) is 0 Å². The van der Waals surface area contributed by atoms with Crippen molar-refractivity contribution in [1.29, 1.82) is 0 Å². The molecular weight excluding hydrogens is 415 g/mol. The van der Waals surface area contributed by atoms with Gasteiger partial charge in [-0.15, -0.1) is 0 Å². The normalized spacial score (nSPS) is 11.0. The van der Waals surface area contributed by atoms with E-state index in [2.05, 4.69) is 15.4 Å². The molecule has 9 heteroatoms. The first kappa shape index (κ1) is 19.2. The number of hydrogen-bond donors (Lipinski definition) is 1. The van der Waals surface area contributed by atoms with Gasteiger partial charge in [-0.3, -0.25) is 9.59 Å². The number of amides is 1. The molecule has 1 amide bonds. The van der Waals surface area contributed by atoms with E-state index in [1.165, 1.54) is 12.1 Å². The smallest absolute Gasteiger partial charge is 0.306 e. The van der Waals surface area contributed by atoms with Gasteiger partial charge in [0, 0.05) is 22.2 Å². The molecule has 2 aromatic heterocycles. The molecule has 0 aliphatic rings. The van der Waals surface area contributed by atoms with Crippen LogP contribution in [0.15, 0.2) is 47.4 Å². The quantitative estimate of drug-likeness (QED) is 0.521. The van der Waals surface area contributed by atoms with Crippen LogP contribution in [0.4, 0.5) is 10.2 Å². The van der Waals surface area contributed by atoms with Gasteiger partial charge in [-0.2, -0.15) is 9.78 Å². The largest absolute Gasteiger partial charge is 0.329 e. The molecule has 2 heterocycles. The first-order chi connectivity index (χ1) is 13.8. The molecule has 2 aromatic carbocycles. The van der Waals surface area contributed by atoms with Gasteiger partial charge in [0.25, 0.3) is 5.91 Å². The lowest BCUT2D eigenvalue weighted by Crippen LogP contribution is -2.16. The van der Waals surface area contributed by atoms with E-state index in [4.69, 9.17) is 11.6 Å². The lowest BCUT2D eigenvalue weighted by atomic mass is 10.1. The Kier molecular flexibility index (Phi) is 4.89. The molecule has 0 fully saturated rings. The van der Waals surface area contributed by atoms with Gasteiger partial charge in [0.05, 0.1) is 0 Å². The number of carbonyl (C=O) groups is 1. The Morgan fingerprint density at radius 2 is 2.00 bits per heavy atom. The van der Waals surface area contributed by atoms with Crippen molar-refractivity contribution in [2.75, 3.05) is 5.32 Å². The Labute approximate surface area is 173 Å². The standard InChI is InChI=1S/C20H14ClFN4O2S/c1-10-7-14(21)8-12-5-6-23-18(17(10)12)24-19(27)13-3-4-16(15(22)9-13)26-20(28)29-11(2)25-26/h3-9H,1-2H3,(H,23,24,27). The number of pyridine rings is 1. The SMILES string of the molecule is Cc1nn(-c2ccc(C(=O)Nc3nccc4cc(Cl)cc(C)c34)cc2F)c(=O)s1. The average Bonchev–Trinajstić information content (AvgIpc) is 2.99. The summed E-state index contributed by atoms with van der Waals surface area (Å²) in [4.78, 5) is 28.4. The molecule has 0 unspecified atom stereocenters. The van der Waals surface area contributed by atoms with Gasteiger partial charge >= 0.3 is 4.87 Å². The van der Waals surface area contributed by atoms with E-state index in [0.717, 1.165) is 38.4 Å². The topological polar surface area (TPSA) is 76.9 Å². The molecule has 0 bridgehead atoms. The van der Waals surface area contributed by atoms with Crippen molar-refractivity contribution in [2.24, 2.45) is 0 Å². The zero-order chi connectivity index (χ0) is 20.7. The molecule has 0 saturated carbocycles. The van der Waals surface area contributed by atoms with Gasteiger partial charge in [0.2, 0.25) is 0 Å². The summed E-state index contributed by atoms with van der Waals surface area (Å²) in [6.07, 6.45) is 1.56. The van der Waals surface area contributed by atoms with Gasteiger partial charge in [-0.05, 0) is 61.2 Å². The molecule has 0 aliphatic heterocycles. The second-order valence-corrected chi connectivity index (χ2v) is 7.98. The number of halogens is 2. The second kappa shape index (κ2) is 7.38. The Balaban J connectivity index is 1.68. The molecular formula is C20H14ClFN4O2S. The van der Waals surface area contributed by atoms with Crippen LogP contribution in [0.25, 0.3) is 16.5 Å². The fourth-order valence-corrected chi connectivity index (χ4v) is 3.98. The van der Waals surface area contributed by atoms with Crippen molar-refractivity contribution in [2.45, 2.75) is 13.8 Å². The lowest BCUT2D eigenvalue weighted by molar-refractivity contribution is 0.102. The summed E-state index contributed by atoms with van der Waals surface area (Å²) in [6, 6.07) is 9.22. The van der Waals surface area contributed by atoms with Crippen LogP contribution in [0.2, 0.25) is 5.02 Å². The molecule has 29 heavy (non-hydrogen) atoms. The number of aromatic nitrogens is 3. The minimum atomic E-state index is -0.723. The van der Waals surface area contributed by atoms with E-state index in [-0.39, 0.29) is 11.3 Å². The number of aryl methyl sites for hydroxylation is 2. The maximum Gasteiger partial charge on any atom is 0.329 e. The molecule has 0 aliphatic carbocycles. The summed E-state index contributed by atoms with van der Waals surface area (Å²) in [7, 11) is 0. The number of fused-ring (bicyclic) bond motifs is 1. The predicted molar refractivity (Wildman–Crippen MR) is 112 cm³/mol. The number of benzene rings is 2. The summed E-state index contributed by atoms with van der Waals surface area (Å²) in [5.74, 6) is -0.886. The molecule has 4 aromatic rings. The van der Waals surface area contributed by atoms with Crippen molar-refractivity contribution >= 4 is 45.4 Å². The molecule has 146 valence electrons. The first-order valence-electron chi connectivity index (χ1n) is 8.56. The summed E-state index contributed by atoms with van der Waals surface area (Å²) < 4.78 is 15.6. The Morgan fingerprint density at radius 3 is 2.69 bits per heavy atom. The van der Waals surface area contributed by atoms with Crippen LogP contribution < -0.4 is 10.2 Å². The van der Waals surface area contributed by atoms with Crippen molar-refractivity contribution in [3.05, 3.63) is 79.2 Å². The maximum atomic E-state index is 14.6. The first-order valence-corrected chi connectivity index (χ1v) is 9.76. The third-order valence-electron chi connectivity index (χ3n) is 4.34. The lowest BCUT2D eigenvalue weighted by Gasteiger charge is -2.11. The van der Waals surface area contributed by atoms with Gasteiger partial charge in [0.15, 0.2) is 0 Å². The van der Waals surface area contributed by atoms with Crippen molar-refractivity contribution in [1.82, 2.24) is 14.8 Å². The molecule has 0 atom stereocenters. The second-order valence-electron chi connectivity index (χ2n) is 6.40. The highest BCUT2D eigenvalue weighted by Crippen LogP contribution is 2.28. The van der Waals surface area contributed by atoms with E-state index < -0.39 is 16.6 Å². The van der Waals surface area contributed by atoms with E-state index in [0.29, 0.717) is 15.8 Å². The van der Waals surface area contributed by atoms with Crippen molar-refractivity contribution in [3.8, 4) is 5.69 Å². The predicted octanol–water partition coefficient (Wildman–Crippen LogP) is 4.50. The van der Waals surface area contributed by atoms with Crippen LogP contribution in [0.1, 0.15) is 20.9 Å². The fraction of sp³-hybridized carbons (Fsp3) is 0.100. The number of anilines is 1. The van der Waals surface area contributed by atoms with E-state index in [9.17, 15) is 14.0 Å². The Morgan fingerprint density at radius 1 is 1.21 bits per heavy atom. The molecule has 0 spiro atoms. The fourth-order valence-electron chi connectivity index (χ4n) is 3.10. The van der Waals surface area contributed by atoms with Crippen LogP contribution >= 0.6 is 22.9 Å². The molecule has 1 N–H and O–H groups in total. The maximum absolute atomic E-state index is 14.6. The number of nitrogens with one attached hydrogen (secondary N) is 1. The van der Waals surface area contributed by atoms with Crippen LogP contribution in [-0.2, 0) is 0 Å². The van der Waals surface area contributed by atoms with Crippen molar-refractivity contribution in [3.63, 3.8) is 0 Å². The van der Waals surface area contributed by atoms with Crippen LogP contribution in [-0.4, -0.2) is 20.7 Å². The summed E-state index contributed by atoms with van der Waals surface area (Å²) >= 11 is 7.02. The number of carbonyl (C=O) groups excluding carboxylic acids is 1. The Bertz CT molecular complexity index is 1330. The van der Waals surface area contributed by atoms with E-state index in [1.54, 1.807) is 31.3 Å². The summed E-state index contributed by atoms with van der Waals surface area (Å²) in [5, 5.41) is 9.42. The number of rotatable bonds is 3. The van der Waals surface area contributed by atoms with Crippen molar-refractivity contribution < 1.29 is 9.18 Å². The van der Waals surface area contributed by atoms with Gasteiger partial charge < -0.3 is 5.32 Å². The molecule has 4 rings (SSSR count). The average molecular weight is 429 g/mol. The number of nitrogens with zero attached hydrogens (tertiary/aromatic N) is 3. The third-order valence-corrected chi connectivity index (χ3v) is 5.29. The molecule has 0 saturated heterocycles. The summed E-state index contributed by atoms with van der Waals surface area (Å²) in [6.45, 7) is 3.53. The van der Waals surface area contributed by atoms with Gasteiger partial charge in [-0.1, -0.05) is 22.9 Å². The summed E-state index contributed by atoms with van der Waals surface area (Å²) in [5.41, 5.74) is 0.942. The van der Waals surface area contributed by atoms with Crippen LogP contribution in [0, 0.1) is 19.7 Å². The Hall–Kier alpha value is -3.10.